The summed E-state index contributed by atoms with van der Waals surface area (Å²) >= 11 is 5.87. The van der Waals surface area contributed by atoms with E-state index >= 15 is 0 Å². The second-order valence-corrected chi connectivity index (χ2v) is 5.67. The summed E-state index contributed by atoms with van der Waals surface area (Å²) in [5.74, 6) is 1.05. The van der Waals surface area contributed by atoms with Gasteiger partial charge in [-0.15, -0.1) is 0 Å². The molecule has 1 rings (SSSR count). The summed E-state index contributed by atoms with van der Waals surface area (Å²) in [6, 6.07) is 7.10. The Hall–Kier alpha value is -1.26. The SMILES string of the molecule is CC(C)C(N)CC(=O)N(C)CCOc1cccc(Cl)c1. The lowest BCUT2D eigenvalue weighted by molar-refractivity contribution is -0.130. The fourth-order valence-electron chi connectivity index (χ4n) is 1.58. The molecule has 0 aliphatic carbocycles. The van der Waals surface area contributed by atoms with Crippen LogP contribution in [0.1, 0.15) is 20.3 Å². The number of hydrogen-bond acceptors (Lipinski definition) is 3. The van der Waals surface area contributed by atoms with Crippen LogP contribution >= 0.6 is 11.6 Å². The van der Waals surface area contributed by atoms with Crippen LogP contribution in [0.4, 0.5) is 0 Å². The largest absolute Gasteiger partial charge is 0.492 e. The van der Waals surface area contributed by atoms with E-state index in [-0.39, 0.29) is 11.9 Å². The van der Waals surface area contributed by atoms with Gasteiger partial charge in [-0.2, -0.15) is 0 Å². The Morgan fingerprint density at radius 3 is 2.75 bits per heavy atom. The quantitative estimate of drug-likeness (QED) is 0.841. The van der Waals surface area contributed by atoms with Crippen LogP contribution in [0, 0.1) is 5.92 Å². The van der Waals surface area contributed by atoms with Gasteiger partial charge in [0.25, 0.3) is 0 Å². The monoisotopic (exact) mass is 298 g/mol. The van der Waals surface area contributed by atoms with Gasteiger partial charge < -0.3 is 15.4 Å². The summed E-state index contributed by atoms with van der Waals surface area (Å²) in [5, 5.41) is 0.634. The number of likely N-dealkylation sites (N-methyl/N-ethyl adjacent to an activating group) is 1. The Morgan fingerprint density at radius 1 is 1.45 bits per heavy atom. The predicted molar refractivity (Wildman–Crippen MR) is 82.0 cm³/mol. The minimum Gasteiger partial charge on any atom is -0.492 e. The summed E-state index contributed by atoms with van der Waals surface area (Å²) in [7, 11) is 1.76. The second kappa shape index (κ2) is 8.12. The number of nitrogens with zero attached hydrogens (tertiary/aromatic N) is 1. The number of rotatable bonds is 7. The maximum Gasteiger partial charge on any atom is 0.223 e. The van der Waals surface area contributed by atoms with Gasteiger partial charge in [-0.1, -0.05) is 31.5 Å². The highest BCUT2D eigenvalue weighted by Gasteiger charge is 2.16. The molecule has 0 radical (unpaired) electrons. The molecule has 0 bridgehead atoms. The van der Waals surface area contributed by atoms with E-state index in [0.717, 1.165) is 0 Å². The van der Waals surface area contributed by atoms with Gasteiger partial charge in [-0.3, -0.25) is 4.79 Å². The van der Waals surface area contributed by atoms with Crippen LogP contribution in [-0.2, 0) is 4.79 Å². The van der Waals surface area contributed by atoms with Gasteiger partial charge in [0.2, 0.25) is 5.91 Å². The average Bonchev–Trinajstić information content (AvgIpc) is 2.38. The molecule has 20 heavy (non-hydrogen) atoms. The maximum atomic E-state index is 11.9. The third-order valence-electron chi connectivity index (χ3n) is 3.18. The smallest absolute Gasteiger partial charge is 0.223 e. The van der Waals surface area contributed by atoms with E-state index in [2.05, 4.69) is 0 Å². The van der Waals surface area contributed by atoms with Crippen molar-refractivity contribution in [2.24, 2.45) is 11.7 Å². The molecule has 2 N–H and O–H groups in total. The number of hydrogen-bond donors (Lipinski definition) is 1. The number of benzene rings is 1. The Morgan fingerprint density at radius 2 is 2.15 bits per heavy atom. The van der Waals surface area contributed by atoms with Crippen LogP contribution in [-0.4, -0.2) is 37.0 Å². The lowest BCUT2D eigenvalue weighted by Crippen LogP contribution is -2.37. The van der Waals surface area contributed by atoms with Crippen molar-refractivity contribution in [3.8, 4) is 5.75 Å². The van der Waals surface area contributed by atoms with E-state index in [9.17, 15) is 4.79 Å². The molecule has 0 heterocycles. The van der Waals surface area contributed by atoms with Gasteiger partial charge in [0, 0.05) is 24.5 Å². The number of amides is 1. The molecule has 112 valence electrons. The molecule has 0 aliphatic heterocycles. The Balaban J connectivity index is 2.32. The van der Waals surface area contributed by atoms with Crippen LogP contribution in [0.15, 0.2) is 24.3 Å². The highest BCUT2D eigenvalue weighted by molar-refractivity contribution is 6.30. The number of nitrogens with two attached hydrogens (primary N) is 1. The van der Waals surface area contributed by atoms with E-state index in [1.807, 2.05) is 26.0 Å². The number of carbonyl (C=O) groups is 1. The molecule has 4 nitrogen and oxygen atoms in total. The zero-order valence-electron chi connectivity index (χ0n) is 12.3. The maximum absolute atomic E-state index is 11.9. The summed E-state index contributed by atoms with van der Waals surface area (Å²) in [4.78, 5) is 13.6. The molecule has 1 atom stereocenters. The fourth-order valence-corrected chi connectivity index (χ4v) is 1.76. The molecule has 0 fully saturated rings. The van der Waals surface area contributed by atoms with Crippen molar-refractivity contribution in [2.45, 2.75) is 26.3 Å². The molecule has 0 spiro atoms. The molecule has 1 amide bonds. The summed E-state index contributed by atoms with van der Waals surface area (Å²) in [5.41, 5.74) is 5.90. The van der Waals surface area contributed by atoms with Gasteiger partial charge in [-0.25, -0.2) is 0 Å². The molecule has 0 aromatic heterocycles. The van der Waals surface area contributed by atoms with Crippen LogP contribution in [0.2, 0.25) is 5.02 Å². The van der Waals surface area contributed by atoms with E-state index < -0.39 is 0 Å². The van der Waals surface area contributed by atoms with Crippen molar-refractivity contribution < 1.29 is 9.53 Å². The van der Waals surface area contributed by atoms with Crippen LogP contribution in [0.5, 0.6) is 5.75 Å². The van der Waals surface area contributed by atoms with Gasteiger partial charge in [0.15, 0.2) is 0 Å². The standard InChI is InChI=1S/C15H23ClN2O2/c1-11(2)14(17)10-15(19)18(3)7-8-20-13-6-4-5-12(16)9-13/h4-6,9,11,14H,7-8,10,17H2,1-3H3. The molecular formula is C15H23ClN2O2. The van der Waals surface area contributed by atoms with Crippen LogP contribution in [0.25, 0.3) is 0 Å². The molecule has 1 aromatic carbocycles. The molecule has 5 heteroatoms. The highest BCUT2D eigenvalue weighted by Crippen LogP contribution is 2.16. The van der Waals surface area contributed by atoms with Gasteiger partial charge >= 0.3 is 0 Å². The van der Waals surface area contributed by atoms with E-state index in [4.69, 9.17) is 22.1 Å². The minimum atomic E-state index is -0.0983. The van der Waals surface area contributed by atoms with Crippen molar-refractivity contribution in [1.82, 2.24) is 4.90 Å². The Bertz CT molecular complexity index is 438. The van der Waals surface area contributed by atoms with Crippen LogP contribution < -0.4 is 10.5 Å². The van der Waals surface area contributed by atoms with E-state index in [1.54, 1.807) is 24.1 Å². The average molecular weight is 299 g/mol. The Labute approximate surface area is 125 Å². The zero-order chi connectivity index (χ0) is 15.1. The summed E-state index contributed by atoms with van der Waals surface area (Å²) in [6.45, 7) is 4.98. The van der Waals surface area contributed by atoms with Gasteiger partial charge in [0.1, 0.15) is 12.4 Å². The third kappa shape index (κ3) is 5.80. The molecule has 0 saturated heterocycles. The summed E-state index contributed by atoms with van der Waals surface area (Å²) in [6.07, 6.45) is 0.366. The second-order valence-electron chi connectivity index (χ2n) is 5.23. The molecule has 0 aliphatic rings. The van der Waals surface area contributed by atoms with E-state index in [0.29, 0.717) is 36.3 Å². The molecule has 1 aromatic rings. The lowest BCUT2D eigenvalue weighted by Gasteiger charge is -2.21. The number of ether oxygens (including phenoxy) is 1. The molecule has 1 unspecified atom stereocenters. The zero-order valence-corrected chi connectivity index (χ0v) is 13.1. The van der Waals surface area contributed by atoms with Crippen LogP contribution in [0.3, 0.4) is 0 Å². The van der Waals surface area contributed by atoms with Crippen molar-refractivity contribution in [1.29, 1.82) is 0 Å². The number of halogens is 1. The van der Waals surface area contributed by atoms with Crippen molar-refractivity contribution in [3.05, 3.63) is 29.3 Å². The van der Waals surface area contributed by atoms with Gasteiger partial charge in [-0.05, 0) is 24.1 Å². The molecule has 0 saturated carbocycles. The summed E-state index contributed by atoms with van der Waals surface area (Å²) < 4.78 is 5.55. The van der Waals surface area contributed by atoms with E-state index in [1.165, 1.54) is 0 Å². The van der Waals surface area contributed by atoms with Gasteiger partial charge in [0.05, 0.1) is 6.54 Å². The van der Waals surface area contributed by atoms with Crippen molar-refractivity contribution in [3.63, 3.8) is 0 Å². The first-order valence-corrected chi connectivity index (χ1v) is 7.16. The normalized spacial score (nSPS) is 12.3. The topological polar surface area (TPSA) is 55.6 Å². The first-order valence-electron chi connectivity index (χ1n) is 6.78. The van der Waals surface area contributed by atoms with Crippen molar-refractivity contribution in [2.75, 3.05) is 20.2 Å². The molecular weight excluding hydrogens is 276 g/mol. The lowest BCUT2D eigenvalue weighted by atomic mass is 10.0. The third-order valence-corrected chi connectivity index (χ3v) is 3.42. The highest BCUT2D eigenvalue weighted by atomic mass is 35.5. The predicted octanol–water partition coefficient (Wildman–Crippen LogP) is 2.55. The Kier molecular flexibility index (Phi) is 6.82. The number of carbonyl (C=O) groups excluding carboxylic acids is 1. The minimum absolute atomic E-state index is 0.0425. The van der Waals surface area contributed by atoms with Crippen molar-refractivity contribution >= 4 is 17.5 Å². The fraction of sp³-hybridized carbons (Fsp3) is 0.533. The first-order chi connectivity index (χ1) is 9.40. The first kappa shape index (κ1) is 16.8.